The van der Waals surface area contributed by atoms with E-state index in [1.54, 1.807) is 15.3 Å². The molecule has 2 aromatic heterocycles. The van der Waals surface area contributed by atoms with E-state index in [1.807, 2.05) is 55.0 Å². The predicted molar refractivity (Wildman–Crippen MR) is 115 cm³/mol. The summed E-state index contributed by atoms with van der Waals surface area (Å²) in [5, 5.41) is 1.93. The fourth-order valence-electron chi connectivity index (χ4n) is 3.45. The maximum Gasteiger partial charge on any atom is 0.410 e. The van der Waals surface area contributed by atoms with Crippen LogP contribution in [0.5, 0.6) is 0 Å². The number of hydrogen-bond donors (Lipinski definition) is 0. The molecule has 3 heterocycles. The third-order valence-electron chi connectivity index (χ3n) is 4.89. The van der Waals surface area contributed by atoms with Crippen LogP contribution >= 0.6 is 11.3 Å². The number of hydrogen-bond acceptors (Lipinski definition) is 6. The van der Waals surface area contributed by atoms with Crippen molar-refractivity contribution in [1.29, 1.82) is 0 Å². The highest BCUT2D eigenvalue weighted by atomic mass is 32.1. The molecule has 0 aliphatic carbocycles. The zero-order chi connectivity index (χ0) is 21.3. The molecule has 1 aromatic carbocycles. The quantitative estimate of drug-likeness (QED) is 0.641. The molecule has 8 nitrogen and oxygen atoms in total. The lowest BCUT2D eigenvalue weighted by Crippen LogP contribution is -2.52. The number of carbonyl (C=O) groups is 2. The number of para-hydroxylation sites is 2. The molecular weight excluding hydrogens is 402 g/mol. The van der Waals surface area contributed by atoms with Gasteiger partial charge in [-0.1, -0.05) is 12.1 Å². The Bertz CT molecular complexity index is 1050. The second-order valence-electron chi connectivity index (χ2n) is 8.23. The molecule has 1 saturated heterocycles. The van der Waals surface area contributed by atoms with Crippen molar-refractivity contribution in [1.82, 2.24) is 24.3 Å². The van der Waals surface area contributed by atoms with Crippen molar-refractivity contribution >= 4 is 34.4 Å². The fourth-order valence-corrected chi connectivity index (χ4v) is 3.98. The van der Waals surface area contributed by atoms with Crippen molar-refractivity contribution in [3.63, 3.8) is 0 Å². The number of aromatic nitrogens is 3. The maximum absolute atomic E-state index is 13.1. The zero-order valence-electron chi connectivity index (χ0n) is 17.4. The molecular formula is C21H25N5O3S. The summed E-state index contributed by atoms with van der Waals surface area (Å²) >= 11 is 1.50. The zero-order valence-corrected chi connectivity index (χ0v) is 18.2. The molecule has 1 fully saturated rings. The first-order valence-electron chi connectivity index (χ1n) is 9.91. The first kappa shape index (κ1) is 20.3. The van der Waals surface area contributed by atoms with Crippen LogP contribution in [0.2, 0.25) is 0 Å². The predicted octanol–water partition coefficient (Wildman–Crippen LogP) is 3.24. The molecule has 9 heteroatoms. The molecule has 3 aromatic rings. The van der Waals surface area contributed by atoms with Crippen molar-refractivity contribution in [2.24, 2.45) is 0 Å². The van der Waals surface area contributed by atoms with Gasteiger partial charge in [-0.15, -0.1) is 11.3 Å². The highest BCUT2D eigenvalue weighted by molar-refractivity contribution is 7.07. The number of nitrogens with zero attached hydrogens (tertiary/aromatic N) is 5. The topological polar surface area (TPSA) is 80.6 Å². The Kier molecular flexibility index (Phi) is 5.46. The average Bonchev–Trinajstić information content (AvgIpc) is 3.35. The minimum absolute atomic E-state index is 0.00142. The largest absolute Gasteiger partial charge is 0.444 e. The molecule has 0 N–H and O–H groups in total. The molecule has 0 bridgehead atoms. The van der Waals surface area contributed by atoms with E-state index < -0.39 is 5.60 Å². The summed E-state index contributed by atoms with van der Waals surface area (Å²) in [6, 6.07) is 7.77. The Balaban J connectivity index is 1.47. The van der Waals surface area contributed by atoms with Crippen LogP contribution in [-0.4, -0.2) is 68.1 Å². The fraction of sp³-hybridized carbons (Fsp3) is 0.429. The van der Waals surface area contributed by atoms with E-state index in [0.717, 1.165) is 16.7 Å². The molecule has 0 atom stereocenters. The van der Waals surface area contributed by atoms with E-state index >= 15 is 0 Å². The number of amides is 2. The second-order valence-corrected chi connectivity index (χ2v) is 8.95. The number of piperazine rings is 1. The number of imidazole rings is 1. The monoisotopic (exact) mass is 427 g/mol. The standard InChI is InChI=1S/C21H25N5O3S/c1-21(2,3)29-20(28)25-10-8-24(9-11-25)18(27)12-26-17-7-5-4-6-15(17)23-19(26)16-13-30-14-22-16/h4-7,13-14H,8-12H2,1-3H3. The Hall–Kier alpha value is -2.94. The SMILES string of the molecule is CC(C)(C)OC(=O)N1CCN(C(=O)Cn2c(-c3cscn3)nc3ccccc32)CC1. The van der Waals surface area contributed by atoms with E-state index in [2.05, 4.69) is 9.97 Å². The van der Waals surface area contributed by atoms with Crippen LogP contribution in [0.15, 0.2) is 35.2 Å². The average molecular weight is 428 g/mol. The Morgan fingerprint density at radius 3 is 2.47 bits per heavy atom. The molecule has 158 valence electrons. The maximum atomic E-state index is 13.1. The third kappa shape index (κ3) is 4.30. The van der Waals surface area contributed by atoms with Crippen LogP contribution in [0.4, 0.5) is 4.79 Å². The van der Waals surface area contributed by atoms with Crippen molar-refractivity contribution in [3.05, 3.63) is 35.2 Å². The van der Waals surface area contributed by atoms with E-state index in [0.29, 0.717) is 32.0 Å². The van der Waals surface area contributed by atoms with Crippen LogP contribution < -0.4 is 0 Å². The Morgan fingerprint density at radius 2 is 1.80 bits per heavy atom. The third-order valence-corrected chi connectivity index (χ3v) is 5.48. The summed E-state index contributed by atoms with van der Waals surface area (Å²) < 4.78 is 7.35. The lowest BCUT2D eigenvalue weighted by molar-refractivity contribution is -0.133. The van der Waals surface area contributed by atoms with Gasteiger partial charge in [-0.05, 0) is 32.9 Å². The molecule has 0 saturated carbocycles. The van der Waals surface area contributed by atoms with Gasteiger partial charge in [0.1, 0.15) is 17.8 Å². The van der Waals surface area contributed by atoms with Gasteiger partial charge in [0, 0.05) is 31.6 Å². The van der Waals surface area contributed by atoms with Crippen LogP contribution in [0.25, 0.3) is 22.6 Å². The van der Waals surface area contributed by atoms with Gasteiger partial charge in [0.05, 0.1) is 16.5 Å². The lowest BCUT2D eigenvalue weighted by atomic mass is 10.2. The van der Waals surface area contributed by atoms with Gasteiger partial charge in [0.15, 0.2) is 5.82 Å². The van der Waals surface area contributed by atoms with Crippen LogP contribution in [0.1, 0.15) is 20.8 Å². The van der Waals surface area contributed by atoms with E-state index in [1.165, 1.54) is 11.3 Å². The van der Waals surface area contributed by atoms with E-state index in [-0.39, 0.29) is 18.5 Å². The van der Waals surface area contributed by atoms with Gasteiger partial charge in [-0.3, -0.25) is 4.79 Å². The highest BCUT2D eigenvalue weighted by Gasteiger charge is 2.28. The van der Waals surface area contributed by atoms with Crippen molar-refractivity contribution in [3.8, 4) is 11.5 Å². The second kappa shape index (κ2) is 8.06. The highest BCUT2D eigenvalue weighted by Crippen LogP contribution is 2.25. The van der Waals surface area contributed by atoms with Gasteiger partial charge in [-0.25, -0.2) is 14.8 Å². The van der Waals surface area contributed by atoms with E-state index in [4.69, 9.17) is 4.74 Å². The lowest BCUT2D eigenvalue weighted by Gasteiger charge is -2.35. The van der Waals surface area contributed by atoms with Crippen LogP contribution in [-0.2, 0) is 16.1 Å². The summed E-state index contributed by atoms with van der Waals surface area (Å²) in [4.78, 5) is 37.8. The van der Waals surface area contributed by atoms with Crippen molar-refractivity contribution in [2.75, 3.05) is 26.2 Å². The number of carbonyl (C=O) groups excluding carboxylic acids is 2. The first-order chi connectivity index (χ1) is 14.3. The number of benzene rings is 1. The smallest absolute Gasteiger partial charge is 0.410 e. The van der Waals surface area contributed by atoms with Crippen molar-refractivity contribution < 1.29 is 14.3 Å². The minimum Gasteiger partial charge on any atom is -0.444 e. The van der Waals surface area contributed by atoms with Gasteiger partial charge >= 0.3 is 6.09 Å². The summed E-state index contributed by atoms with van der Waals surface area (Å²) in [5.41, 5.74) is 3.73. The Morgan fingerprint density at radius 1 is 1.10 bits per heavy atom. The molecule has 0 unspecified atom stereocenters. The molecule has 30 heavy (non-hydrogen) atoms. The number of ether oxygens (including phenoxy) is 1. The molecule has 1 aliphatic rings. The molecule has 2 amide bonds. The van der Waals surface area contributed by atoms with Gasteiger partial charge < -0.3 is 19.1 Å². The van der Waals surface area contributed by atoms with Gasteiger partial charge in [0.25, 0.3) is 0 Å². The number of thiazole rings is 1. The van der Waals surface area contributed by atoms with E-state index in [9.17, 15) is 9.59 Å². The Labute approximate surface area is 179 Å². The number of rotatable bonds is 3. The van der Waals surface area contributed by atoms with Gasteiger partial charge in [0.2, 0.25) is 5.91 Å². The summed E-state index contributed by atoms with van der Waals surface area (Å²) in [5.74, 6) is 0.691. The molecule has 0 radical (unpaired) electrons. The minimum atomic E-state index is -0.529. The number of fused-ring (bicyclic) bond motifs is 1. The summed E-state index contributed by atoms with van der Waals surface area (Å²) in [6.07, 6.45) is -0.332. The normalized spacial score (nSPS) is 14.9. The summed E-state index contributed by atoms with van der Waals surface area (Å²) in [7, 11) is 0. The van der Waals surface area contributed by atoms with Crippen LogP contribution in [0, 0.1) is 0 Å². The molecule has 4 rings (SSSR count). The van der Waals surface area contributed by atoms with Crippen LogP contribution in [0.3, 0.4) is 0 Å². The molecule has 1 aliphatic heterocycles. The first-order valence-corrected chi connectivity index (χ1v) is 10.9. The summed E-state index contributed by atoms with van der Waals surface area (Å²) in [6.45, 7) is 7.61. The van der Waals surface area contributed by atoms with Gasteiger partial charge in [-0.2, -0.15) is 0 Å². The van der Waals surface area contributed by atoms with Crippen molar-refractivity contribution in [2.45, 2.75) is 32.9 Å². The molecule has 0 spiro atoms.